The minimum atomic E-state index is -1.28. The fraction of sp³-hybridized carbons (Fsp3) is 0.750. The van der Waals surface area contributed by atoms with Crippen molar-refractivity contribution in [3.8, 4) is 0 Å². The van der Waals surface area contributed by atoms with Crippen LogP contribution in [0.25, 0.3) is 0 Å². The number of carboxylic acid groups (broad SMARTS) is 2. The molecule has 0 rings (SSSR count). The van der Waals surface area contributed by atoms with Crippen molar-refractivity contribution >= 4 is 40.1 Å². The van der Waals surface area contributed by atoms with Crippen LogP contribution in [0.5, 0.6) is 0 Å². The van der Waals surface area contributed by atoms with Gasteiger partial charge < -0.3 is 19.8 Å². The van der Waals surface area contributed by atoms with Gasteiger partial charge in [0.05, 0.1) is 0 Å². The van der Waals surface area contributed by atoms with E-state index in [-0.39, 0.29) is 17.2 Å². The summed E-state index contributed by atoms with van der Waals surface area (Å²) in [6, 6.07) is 0. The molecule has 0 heterocycles. The van der Waals surface area contributed by atoms with Crippen LogP contribution >= 0.6 is 0 Å². The molecular formula is C16H27AlO7. The smallest absolute Gasteiger partial charge is 0.138 e. The molecule has 24 heavy (non-hydrogen) atoms. The molecule has 7 nitrogen and oxygen atoms in total. The summed E-state index contributed by atoms with van der Waals surface area (Å²) >= 11 is 2.22. The molecule has 0 aromatic heterocycles. The second kappa shape index (κ2) is 16.6. The summed E-state index contributed by atoms with van der Waals surface area (Å²) in [6.07, 6.45) is 1.21. The summed E-state index contributed by atoms with van der Waals surface area (Å²) < 4.78 is 4.85. The summed E-state index contributed by atoms with van der Waals surface area (Å²) in [5, 5.41) is 19.5. The maximum absolute atomic E-state index is 10.4. The molecule has 0 saturated carbocycles. The first-order valence-electron chi connectivity index (χ1n) is 7.70. The Hall–Kier alpha value is -1.23. The first-order chi connectivity index (χ1) is 10.9. The van der Waals surface area contributed by atoms with E-state index in [4.69, 9.17) is 3.79 Å². The molecule has 0 bridgehead atoms. The molecule has 136 valence electrons. The van der Waals surface area contributed by atoms with Gasteiger partial charge in [0.25, 0.3) is 0 Å². The first-order valence-corrected chi connectivity index (χ1v) is 8.17. The van der Waals surface area contributed by atoms with Crippen LogP contribution in [-0.4, -0.2) is 45.7 Å². The van der Waals surface area contributed by atoms with E-state index in [1.807, 2.05) is 34.6 Å². The van der Waals surface area contributed by atoms with Crippen molar-refractivity contribution in [1.29, 1.82) is 0 Å². The van der Waals surface area contributed by atoms with Gasteiger partial charge in [0, 0.05) is 37.6 Å². The normalized spacial score (nSPS) is 9.79. The van der Waals surface area contributed by atoms with Crippen molar-refractivity contribution < 1.29 is 33.2 Å². The molecule has 0 aliphatic rings. The molecule has 0 aromatic rings. The van der Waals surface area contributed by atoms with Gasteiger partial charge in [0.2, 0.25) is 0 Å². The van der Waals surface area contributed by atoms with Crippen molar-refractivity contribution in [2.75, 3.05) is 0 Å². The van der Waals surface area contributed by atoms with Gasteiger partial charge in [0.1, 0.15) is 11.6 Å². The topological polar surface area (TPSA) is 124 Å². The largest absolute Gasteiger partial charge is 0.550 e. The van der Waals surface area contributed by atoms with E-state index in [1.165, 1.54) is 0 Å². The van der Waals surface area contributed by atoms with E-state index >= 15 is 0 Å². The Labute approximate surface area is 152 Å². The number of Topliss-reactive ketones (excluding diaryl/α,β-unsaturated/α-hetero) is 2. The zero-order valence-corrected chi connectivity index (χ0v) is 16.3. The van der Waals surface area contributed by atoms with Crippen LogP contribution in [0, 0.1) is 0 Å². The van der Waals surface area contributed by atoms with Gasteiger partial charge in [0.15, 0.2) is 0 Å². The number of rotatable bonds is 8. The molecule has 8 heteroatoms. The molecule has 0 radical (unpaired) electrons. The third-order valence-corrected chi connectivity index (χ3v) is 2.80. The van der Waals surface area contributed by atoms with E-state index < -0.39 is 24.8 Å². The summed E-state index contributed by atoms with van der Waals surface area (Å²) in [4.78, 5) is 40.4. The van der Waals surface area contributed by atoms with Gasteiger partial charge >= 0.3 is 46.8 Å². The number of carbonyl (C=O) groups is 4. The van der Waals surface area contributed by atoms with Crippen LogP contribution in [0.1, 0.15) is 73.1 Å². The fourth-order valence-electron chi connectivity index (χ4n) is 1.06. The molecule has 0 spiro atoms. The molecule has 0 atom stereocenters. The zero-order valence-electron chi connectivity index (χ0n) is 15.2. The molecular weight excluding hydrogens is 331 g/mol. The number of carboxylic acids is 2. The standard InChI is InChI=1S/2C6H10O3.C4H9O.Al/c2*1-2-3-5(7)4-6(8)9;1-4(2,3)5;/h2*2-4H2,1H3,(H,8,9);1-3H3;/q;;-1;+3/p-2. The van der Waals surface area contributed by atoms with Crippen molar-refractivity contribution in [1.82, 2.24) is 0 Å². The average Bonchev–Trinajstić information content (AvgIpc) is 2.38. The maximum Gasteiger partial charge on any atom is 0.138 e. The van der Waals surface area contributed by atoms with Crippen molar-refractivity contribution in [3.05, 3.63) is 0 Å². The van der Waals surface area contributed by atoms with E-state index in [1.54, 1.807) is 0 Å². The maximum atomic E-state index is 10.4. The third kappa shape index (κ3) is 32.6. The van der Waals surface area contributed by atoms with E-state index in [0.717, 1.165) is 0 Å². The van der Waals surface area contributed by atoms with Gasteiger partial charge in [-0.1, -0.05) is 13.8 Å². The van der Waals surface area contributed by atoms with Gasteiger partial charge in [-0.2, -0.15) is 0 Å². The predicted octanol–water partition coefficient (Wildman–Crippen LogP) is -0.124. The van der Waals surface area contributed by atoms with Gasteiger partial charge in [-0.3, -0.25) is 9.59 Å². The summed E-state index contributed by atoms with van der Waals surface area (Å²) in [7, 11) is 0. The van der Waals surface area contributed by atoms with Gasteiger partial charge in [-0.05, 0) is 12.8 Å². The van der Waals surface area contributed by atoms with Crippen LogP contribution in [0.15, 0.2) is 0 Å². The zero-order chi connectivity index (χ0) is 19.8. The molecule has 0 aliphatic heterocycles. The molecule has 0 aliphatic carbocycles. The quantitative estimate of drug-likeness (QED) is 0.437. The molecule has 0 fully saturated rings. The number of ketones is 2. The Morgan fingerprint density at radius 3 is 1.21 bits per heavy atom. The Morgan fingerprint density at radius 2 is 1.08 bits per heavy atom. The Bertz CT molecular complexity index is 356. The van der Waals surface area contributed by atoms with Crippen LogP contribution in [0.3, 0.4) is 0 Å². The van der Waals surface area contributed by atoms with Crippen LogP contribution in [0.2, 0.25) is 0 Å². The van der Waals surface area contributed by atoms with Crippen LogP contribution < -0.4 is 10.2 Å². The van der Waals surface area contributed by atoms with E-state index in [0.29, 0.717) is 25.7 Å². The van der Waals surface area contributed by atoms with Gasteiger partial charge in [-0.15, -0.1) is 0 Å². The minimum Gasteiger partial charge on any atom is -0.550 e. The first kappa shape index (κ1) is 27.6. The number of aliphatic carboxylic acids is 2. The molecule has 0 saturated heterocycles. The summed E-state index contributed by atoms with van der Waals surface area (Å²) in [6.45, 7) is 9.65. The third-order valence-electron chi connectivity index (χ3n) is 2.09. The number of hydrogen-bond donors (Lipinski definition) is 0. The number of carbonyl (C=O) groups excluding carboxylic acids is 4. The Kier molecular flexibility index (Phi) is 19.1. The fourth-order valence-corrected chi connectivity index (χ4v) is 1.06. The molecule has 0 N–H and O–H groups in total. The molecule has 0 aromatic carbocycles. The Morgan fingerprint density at radius 1 is 0.833 bits per heavy atom. The van der Waals surface area contributed by atoms with Crippen LogP contribution in [-0.2, 0) is 23.0 Å². The number of hydrogen-bond acceptors (Lipinski definition) is 7. The predicted molar refractivity (Wildman–Crippen MR) is 85.7 cm³/mol. The minimum absolute atomic E-state index is 0.00463. The summed E-state index contributed by atoms with van der Waals surface area (Å²) in [5.41, 5.74) is 0.00463. The van der Waals surface area contributed by atoms with E-state index in [2.05, 4.69) is 16.6 Å². The molecule has 0 amide bonds. The van der Waals surface area contributed by atoms with Crippen molar-refractivity contribution in [3.63, 3.8) is 0 Å². The monoisotopic (exact) mass is 358 g/mol. The second-order valence-electron chi connectivity index (χ2n) is 5.91. The van der Waals surface area contributed by atoms with Crippen LogP contribution in [0.4, 0.5) is 0 Å². The Balaban J connectivity index is -0.000000282. The molecule has 0 unspecified atom stereocenters. The van der Waals surface area contributed by atoms with Crippen molar-refractivity contribution in [2.45, 2.75) is 78.7 Å². The summed E-state index contributed by atoms with van der Waals surface area (Å²) in [5.74, 6) is -3.07. The van der Waals surface area contributed by atoms with Crippen molar-refractivity contribution in [2.24, 2.45) is 0 Å². The second-order valence-corrected chi connectivity index (χ2v) is 6.14. The average molecular weight is 358 g/mol. The van der Waals surface area contributed by atoms with Gasteiger partial charge in [-0.25, -0.2) is 0 Å². The SMILES string of the molecule is CC(C)(C)[O][Al+2].CCCC(=O)CC(=O)[O-].CCCC(=O)CC(=O)[O-]. The van der Waals surface area contributed by atoms with E-state index in [9.17, 15) is 29.4 Å².